The van der Waals surface area contributed by atoms with E-state index in [4.69, 9.17) is 9.84 Å². The molecule has 1 atom stereocenters. The highest BCUT2D eigenvalue weighted by molar-refractivity contribution is 5.46. The summed E-state index contributed by atoms with van der Waals surface area (Å²) in [6.07, 6.45) is 2.60. The van der Waals surface area contributed by atoms with E-state index in [1.54, 1.807) is 6.07 Å². The minimum Gasteiger partial charge on any atom is -0.492 e. The van der Waals surface area contributed by atoms with E-state index in [0.29, 0.717) is 30.3 Å². The van der Waals surface area contributed by atoms with E-state index in [1.165, 1.54) is 12.1 Å². The molecule has 0 fully saturated rings. The molecule has 1 rings (SSSR count). The van der Waals surface area contributed by atoms with E-state index >= 15 is 0 Å². The predicted molar refractivity (Wildman–Crippen MR) is 74.5 cm³/mol. The zero-order valence-corrected chi connectivity index (χ0v) is 11.6. The number of ether oxygens (including phenoxy) is 1. The molecule has 0 bridgehead atoms. The maximum atomic E-state index is 13.2. The normalized spacial score (nSPS) is 11.6. The molecular weight excluding hydrogens is 243 g/mol. The first-order valence-electron chi connectivity index (χ1n) is 6.69. The number of hydrogen-bond donors (Lipinski definition) is 1. The Labute approximate surface area is 114 Å². The second kappa shape index (κ2) is 8.55. The Balaban J connectivity index is 2.74. The second-order valence-corrected chi connectivity index (χ2v) is 4.62. The molecule has 0 heterocycles. The first kappa shape index (κ1) is 15.5. The minimum atomic E-state index is -0.328. The molecule has 1 N–H and O–H groups in total. The summed E-state index contributed by atoms with van der Waals surface area (Å²) in [6, 6.07) is 4.34. The molecule has 0 aromatic heterocycles. The molecule has 2 nitrogen and oxygen atoms in total. The molecule has 0 aliphatic rings. The van der Waals surface area contributed by atoms with Crippen LogP contribution in [0.25, 0.3) is 0 Å². The van der Waals surface area contributed by atoms with Crippen molar-refractivity contribution < 1.29 is 14.2 Å². The SMILES string of the molecule is CCCC(C)COc1cc(F)ccc1C#CCCO. The predicted octanol–water partition coefficient (Wildman–Crippen LogP) is 3.37. The van der Waals surface area contributed by atoms with Gasteiger partial charge in [0.2, 0.25) is 0 Å². The van der Waals surface area contributed by atoms with Crippen molar-refractivity contribution in [1.29, 1.82) is 0 Å². The van der Waals surface area contributed by atoms with E-state index in [2.05, 4.69) is 25.7 Å². The van der Waals surface area contributed by atoms with Gasteiger partial charge in [-0.2, -0.15) is 0 Å². The first-order chi connectivity index (χ1) is 9.17. The van der Waals surface area contributed by atoms with Gasteiger partial charge in [-0.25, -0.2) is 4.39 Å². The quantitative estimate of drug-likeness (QED) is 0.798. The van der Waals surface area contributed by atoms with Crippen LogP contribution in [0.3, 0.4) is 0 Å². The fourth-order valence-corrected chi connectivity index (χ4v) is 1.74. The van der Waals surface area contributed by atoms with Crippen LogP contribution in [0.4, 0.5) is 4.39 Å². The third-order valence-electron chi connectivity index (χ3n) is 2.71. The summed E-state index contributed by atoms with van der Waals surface area (Å²) in [5, 5.41) is 8.70. The summed E-state index contributed by atoms with van der Waals surface area (Å²) in [5.74, 6) is 6.31. The highest BCUT2D eigenvalue weighted by Gasteiger charge is 2.06. The summed E-state index contributed by atoms with van der Waals surface area (Å²) in [4.78, 5) is 0. The van der Waals surface area contributed by atoms with Crippen LogP contribution in [0.2, 0.25) is 0 Å². The molecule has 0 amide bonds. The molecule has 104 valence electrons. The second-order valence-electron chi connectivity index (χ2n) is 4.62. The molecule has 0 saturated carbocycles. The zero-order valence-electron chi connectivity index (χ0n) is 11.6. The van der Waals surface area contributed by atoms with Crippen LogP contribution in [0.5, 0.6) is 5.75 Å². The summed E-state index contributed by atoms with van der Waals surface area (Å²) in [5.41, 5.74) is 0.665. The molecule has 3 heteroatoms. The van der Waals surface area contributed by atoms with Crippen molar-refractivity contribution in [2.75, 3.05) is 13.2 Å². The van der Waals surface area contributed by atoms with Crippen molar-refractivity contribution in [3.05, 3.63) is 29.6 Å². The number of rotatable bonds is 6. The van der Waals surface area contributed by atoms with Crippen LogP contribution in [0.1, 0.15) is 38.7 Å². The fourth-order valence-electron chi connectivity index (χ4n) is 1.74. The molecule has 0 aliphatic carbocycles. The van der Waals surface area contributed by atoms with E-state index in [0.717, 1.165) is 12.8 Å². The smallest absolute Gasteiger partial charge is 0.137 e. The van der Waals surface area contributed by atoms with E-state index < -0.39 is 0 Å². The lowest BCUT2D eigenvalue weighted by Gasteiger charge is -2.13. The van der Waals surface area contributed by atoms with Gasteiger partial charge < -0.3 is 9.84 Å². The standard InChI is InChI=1S/C16H21FO2/c1-3-6-13(2)12-19-16-11-15(17)9-8-14(16)7-4-5-10-18/h8-9,11,13,18H,3,5-6,10,12H2,1-2H3. The monoisotopic (exact) mass is 264 g/mol. The molecule has 19 heavy (non-hydrogen) atoms. The Morgan fingerprint density at radius 2 is 2.21 bits per heavy atom. The van der Waals surface area contributed by atoms with Gasteiger partial charge in [-0.3, -0.25) is 0 Å². The minimum absolute atomic E-state index is 0.0257. The van der Waals surface area contributed by atoms with E-state index in [9.17, 15) is 4.39 Å². The number of hydrogen-bond acceptors (Lipinski definition) is 2. The largest absolute Gasteiger partial charge is 0.492 e. The Hall–Kier alpha value is -1.53. The summed E-state index contributed by atoms with van der Waals surface area (Å²) < 4.78 is 18.9. The first-order valence-corrected chi connectivity index (χ1v) is 6.69. The fraction of sp³-hybridized carbons (Fsp3) is 0.500. The Kier molecular flexibility index (Phi) is 6.99. The van der Waals surface area contributed by atoms with Gasteiger partial charge in [-0.1, -0.05) is 32.1 Å². The van der Waals surface area contributed by atoms with Crippen LogP contribution in [0, 0.1) is 23.6 Å². The number of benzene rings is 1. The molecule has 0 spiro atoms. The molecule has 1 aromatic carbocycles. The molecule has 1 aromatic rings. The van der Waals surface area contributed by atoms with Crippen LogP contribution in [-0.4, -0.2) is 18.3 Å². The van der Waals surface area contributed by atoms with Crippen molar-refractivity contribution in [2.24, 2.45) is 5.92 Å². The summed E-state index contributed by atoms with van der Waals surface area (Å²) in [7, 11) is 0. The van der Waals surface area contributed by atoms with Crippen LogP contribution in [-0.2, 0) is 0 Å². The van der Waals surface area contributed by atoms with Crippen molar-refractivity contribution in [3.8, 4) is 17.6 Å². The van der Waals surface area contributed by atoms with Gasteiger partial charge in [0.25, 0.3) is 0 Å². The number of aliphatic hydroxyl groups excluding tert-OH is 1. The van der Waals surface area contributed by atoms with Crippen LogP contribution < -0.4 is 4.74 Å². The van der Waals surface area contributed by atoms with Gasteiger partial charge in [0.1, 0.15) is 11.6 Å². The maximum absolute atomic E-state index is 13.2. The summed E-state index contributed by atoms with van der Waals surface area (Å²) in [6.45, 7) is 4.83. The third kappa shape index (κ3) is 5.76. The number of halogens is 1. The molecule has 1 unspecified atom stereocenters. The lowest BCUT2D eigenvalue weighted by molar-refractivity contribution is 0.250. The third-order valence-corrected chi connectivity index (χ3v) is 2.71. The molecule has 0 radical (unpaired) electrons. The van der Waals surface area contributed by atoms with Gasteiger partial charge in [0.15, 0.2) is 0 Å². The zero-order chi connectivity index (χ0) is 14.1. The Morgan fingerprint density at radius 1 is 1.42 bits per heavy atom. The topological polar surface area (TPSA) is 29.5 Å². The van der Waals surface area contributed by atoms with E-state index in [1.807, 2.05) is 0 Å². The molecular formula is C16H21FO2. The average Bonchev–Trinajstić information content (AvgIpc) is 2.39. The van der Waals surface area contributed by atoms with Crippen LogP contribution >= 0.6 is 0 Å². The van der Waals surface area contributed by atoms with Gasteiger partial charge in [-0.15, -0.1) is 0 Å². The highest BCUT2D eigenvalue weighted by Crippen LogP contribution is 2.20. The van der Waals surface area contributed by atoms with Gasteiger partial charge in [-0.05, 0) is 24.5 Å². The highest BCUT2D eigenvalue weighted by atomic mass is 19.1. The maximum Gasteiger partial charge on any atom is 0.137 e. The van der Waals surface area contributed by atoms with Crippen molar-refractivity contribution in [3.63, 3.8) is 0 Å². The van der Waals surface area contributed by atoms with Crippen molar-refractivity contribution in [1.82, 2.24) is 0 Å². The lowest BCUT2D eigenvalue weighted by atomic mass is 10.1. The van der Waals surface area contributed by atoms with Gasteiger partial charge in [0.05, 0.1) is 18.8 Å². The lowest BCUT2D eigenvalue weighted by Crippen LogP contribution is -2.09. The molecule has 0 saturated heterocycles. The van der Waals surface area contributed by atoms with Crippen LogP contribution in [0.15, 0.2) is 18.2 Å². The van der Waals surface area contributed by atoms with Crippen molar-refractivity contribution in [2.45, 2.75) is 33.1 Å². The average molecular weight is 264 g/mol. The Bertz CT molecular complexity index is 446. The van der Waals surface area contributed by atoms with Gasteiger partial charge >= 0.3 is 0 Å². The molecule has 0 aliphatic heterocycles. The van der Waals surface area contributed by atoms with Crippen molar-refractivity contribution >= 4 is 0 Å². The Morgan fingerprint density at radius 3 is 2.89 bits per heavy atom. The van der Waals surface area contributed by atoms with Gasteiger partial charge in [0, 0.05) is 12.5 Å². The van der Waals surface area contributed by atoms with E-state index in [-0.39, 0.29) is 12.4 Å². The number of aliphatic hydroxyl groups is 1. The summed E-state index contributed by atoms with van der Waals surface area (Å²) >= 11 is 0.